The van der Waals surface area contributed by atoms with E-state index in [2.05, 4.69) is 54.0 Å². The second-order valence-corrected chi connectivity index (χ2v) is 6.32. The molecule has 0 aliphatic heterocycles. The molecule has 23 heavy (non-hydrogen) atoms. The summed E-state index contributed by atoms with van der Waals surface area (Å²) in [5.74, 6) is 0.935. The summed E-state index contributed by atoms with van der Waals surface area (Å²) in [4.78, 5) is 0. The summed E-state index contributed by atoms with van der Waals surface area (Å²) in [5, 5.41) is 2.67. The van der Waals surface area contributed by atoms with Gasteiger partial charge in [0, 0.05) is 28.9 Å². The van der Waals surface area contributed by atoms with Crippen LogP contribution in [0.5, 0.6) is 5.75 Å². The minimum Gasteiger partial charge on any atom is -0.497 e. The van der Waals surface area contributed by atoms with Crippen molar-refractivity contribution >= 4 is 21.8 Å². The molecule has 0 N–H and O–H groups in total. The van der Waals surface area contributed by atoms with Crippen LogP contribution < -0.4 is 4.74 Å². The van der Waals surface area contributed by atoms with Crippen LogP contribution in [-0.2, 0) is 6.54 Å². The highest BCUT2D eigenvalue weighted by Crippen LogP contribution is 2.31. The lowest BCUT2D eigenvalue weighted by Crippen LogP contribution is -1.98. The van der Waals surface area contributed by atoms with Crippen molar-refractivity contribution in [3.63, 3.8) is 0 Å². The summed E-state index contributed by atoms with van der Waals surface area (Å²) < 4.78 is 7.90. The molecule has 0 saturated heterocycles. The molecule has 2 heteroatoms. The quantitative estimate of drug-likeness (QED) is 0.454. The summed E-state index contributed by atoms with van der Waals surface area (Å²) in [5.41, 5.74) is 2.63. The Morgan fingerprint density at radius 2 is 1.57 bits per heavy atom. The Hall–Kier alpha value is -1.96. The van der Waals surface area contributed by atoms with E-state index in [1.165, 1.54) is 60.3 Å². The van der Waals surface area contributed by atoms with E-state index in [0.717, 1.165) is 12.3 Å². The van der Waals surface area contributed by atoms with Gasteiger partial charge >= 0.3 is 0 Å². The number of ether oxygens (including phenoxy) is 1. The minimum atomic E-state index is 0.935. The van der Waals surface area contributed by atoms with Crippen molar-refractivity contribution in [3.8, 4) is 5.75 Å². The molecular formula is C21H27NO. The van der Waals surface area contributed by atoms with Gasteiger partial charge in [-0.2, -0.15) is 0 Å². The molecule has 0 spiro atoms. The van der Waals surface area contributed by atoms with Gasteiger partial charge in [-0.1, -0.05) is 57.2 Å². The van der Waals surface area contributed by atoms with Gasteiger partial charge in [-0.25, -0.2) is 0 Å². The fourth-order valence-corrected chi connectivity index (χ4v) is 3.45. The van der Waals surface area contributed by atoms with Gasteiger partial charge < -0.3 is 9.30 Å². The molecule has 2 nitrogen and oxygen atoms in total. The van der Waals surface area contributed by atoms with Crippen molar-refractivity contribution in [1.29, 1.82) is 0 Å². The molecule has 122 valence electrons. The van der Waals surface area contributed by atoms with Gasteiger partial charge in [0.2, 0.25) is 0 Å². The Morgan fingerprint density at radius 1 is 0.826 bits per heavy atom. The van der Waals surface area contributed by atoms with E-state index in [4.69, 9.17) is 4.74 Å². The number of benzene rings is 2. The Morgan fingerprint density at radius 3 is 2.39 bits per heavy atom. The standard InChI is InChI=1S/C21H27NO/c1-3-4-5-6-7-10-15-22-20-12-9-8-11-18(20)19-14-13-17(23-2)16-21(19)22/h8-9,11-14,16H,3-7,10,15H2,1-2H3. The zero-order chi connectivity index (χ0) is 16.1. The number of hydrogen-bond donors (Lipinski definition) is 0. The van der Waals surface area contributed by atoms with Crippen LogP contribution >= 0.6 is 0 Å². The van der Waals surface area contributed by atoms with Crippen LogP contribution in [0.4, 0.5) is 0 Å². The van der Waals surface area contributed by atoms with E-state index in [1.807, 2.05) is 0 Å². The highest BCUT2D eigenvalue weighted by molar-refractivity contribution is 6.08. The summed E-state index contributed by atoms with van der Waals surface area (Å²) in [6, 6.07) is 15.1. The Labute approximate surface area is 139 Å². The molecule has 2 aromatic carbocycles. The number of rotatable bonds is 8. The number of methoxy groups -OCH3 is 1. The molecule has 1 aromatic heterocycles. The molecule has 3 rings (SSSR count). The predicted octanol–water partition coefficient (Wildman–Crippen LogP) is 6.16. The lowest BCUT2D eigenvalue weighted by Gasteiger charge is -2.08. The molecule has 0 atom stereocenters. The zero-order valence-electron chi connectivity index (χ0n) is 14.3. The SMILES string of the molecule is CCCCCCCCn1c2ccccc2c2ccc(OC)cc21. The Bertz CT molecular complexity index is 772. The van der Waals surface area contributed by atoms with Crippen LogP contribution in [0.25, 0.3) is 21.8 Å². The van der Waals surface area contributed by atoms with E-state index < -0.39 is 0 Å². The van der Waals surface area contributed by atoms with Gasteiger partial charge in [-0.15, -0.1) is 0 Å². The molecular weight excluding hydrogens is 282 g/mol. The number of hydrogen-bond acceptors (Lipinski definition) is 1. The number of fused-ring (bicyclic) bond motifs is 3. The maximum atomic E-state index is 5.43. The third-order valence-electron chi connectivity index (χ3n) is 4.72. The van der Waals surface area contributed by atoms with Crippen LogP contribution in [0.1, 0.15) is 45.4 Å². The van der Waals surface area contributed by atoms with E-state index in [1.54, 1.807) is 7.11 Å². The van der Waals surface area contributed by atoms with Gasteiger partial charge in [-0.3, -0.25) is 0 Å². The largest absolute Gasteiger partial charge is 0.497 e. The second-order valence-electron chi connectivity index (χ2n) is 6.32. The number of aromatic nitrogens is 1. The van der Waals surface area contributed by atoms with E-state index in [0.29, 0.717) is 0 Å². The topological polar surface area (TPSA) is 14.2 Å². The van der Waals surface area contributed by atoms with Gasteiger partial charge in [-0.05, 0) is 24.6 Å². The molecule has 0 fully saturated rings. The monoisotopic (exact) mass is 309 g/mol. The lowest BCUT2D eigenvalue weighted by atomic mass is 10.1. The minimum absolute atomic E-state index is 0.935. The molecule has 3 aromatic rings. The van der Waals surface area contributed by atoms with Crippen molar-refractivity contribution in [1.82, 2.24) is 4.57 Å². The van der Waals surface area contributed by atoms with Crippen LogP contribution in [0.3, 0.4) is 0 Å². The fraction of sp³-hybridized carbons (Fsp3) is 0.429. The van der Waals surface area contributed by atoms with Crippen LogP contribution in [0.2, 0.25) is 0 Å². The molecule has 0 unspecified atom stereocenters. The van der Waals surface area contributed by atoms with Gasteiger partial charge in [0.25, 0.3) is 0 Å². The highest BCUT2D eigenvalue weighted by Gasteiger charge is 2.10. The molecule has 0 bridgehead atoms. The number of unbranched alkanes of at least 4 members (excludes halogenated alkanes) is 5. The lowest BCUT2D eigenvalue weighted by molar-refractivity contribution is 0.415. The number of nitrogens with zero attached hydrogens (tertiary/aromatic N) is 1. The maximum absolute atomic E-state index is 5.43. The average molecular weight is 309 g/mol. The molecule has 0 aliphatic rings. The summed E-state index contributed by atoms with van der Waals surface area (Å²) >= 11 is 0. The van der Waals surface area contributed by atoms with Crippen LogP contribution in [0.15, 0.2) is 42.5 Å². The third kappa shape index (κ3) is 3.36. The zero-order valence-corrected chi connectivity index (χ0v) is 14.3. The normalized spacial score (nSPS) is 11.4. The van der Waals surface area contributed by atoms with Crippen LogP contribution in [-0.4, -0.2) is 11.7 Å². The molecule has 0 amide bonds. The third-order valence-corrected chi connectivity index (χ3v) is 4.72. The predicted molar refractivity (Wildman–Crippen MR) is 99.4 cm³/mol. The van der Waals surface area contributed by atoms with Crippen molar-refractivity contribution in [3.05, 3.63) is 42.5 Å². The van der Waals surface area contributed by atoms with E-state index in [-0.39, 0.29) is 0 Å². The van der Waals surface area contributed by atoms with E-state index in [9.17, 15) is 0 Å². The first-order valence-corrected chi connectivity index (χ1v) is 8.90. The second kappa shape index (κ2) is 7.54. The first-order valence-electron chi connectivity index (χ1n) is 8.90. The summed E-state index contributed by atoms with van der Waals surface area (Å²) in [6.45, 7) is 3.36. The van der Waals surface area contributed by atoms with Gasteiger partial charge in [0.1, 0.15) is 5.75 Å². The Kier molecular flexibility index (Phi) is 5.22. The van der Waals surface area contributed by atoms with Crippen molar-refractivity contribution in [2.24, 2.45) is 0 Å². The first kappa shape index (κ1) is 15.9. The first-order chi connectivity index (χ1) is 11.3. The molecule has 1 heterocycles. The molecule has 0 aliphatic carbocycles. The van der Waals surface area contributed by atoms with Gasteiger partial charge in [0.05, 0.1) is 12.6 Å². The van der Waals surface area contributed by atoms with Crippen molar-refractivity contribution in [2.75, 3.05) is 7.11 Å². The van der Waals surface area contributed by atoms with Gasteiger partial charge in [0.15, 0.2) is 0 Å². The number of para-hydroxylation sites is 1. The van der Waals surface area contributed by atoms with Crippen molar-refractivity contribution in [2.45, 2.75) is 52.0 Å². The molecule has 0 saturated carbocycles. The highest BCUT2D eigenvalue weighted by atomic mass is 16.5. The molecule has 0 radical (unpaired) electrons. The maximum Gasteiger partial charge on any atom is 0.120 e. The Balaban J connectivity index is 1.86. The van der Waals surface area contributed by atoms with Crippen molar-refractivity contribution < 1.29 is 4.74 Å². The fourth-order valence-electron chi connectivity index (χ4n) is 3.45. The van der Waals surface area contributed by atoms with Crippen LogP contribution in [0, 0.1) is 0 Å². The summed E-state index contributed by atoms with van der Waals surface area (Å²) in [7, 11) is 1.74. The smallest absolute Gasteiger partial charge is 0.120 e. The van der Waals surface area contributed by atoms with E-state index >= 15 is 0 Å². The summed E-state index contributed by atoms with van der Waals surface area (Å²) in [6.07, 6.45) is 7.97. The average Bonchev–Trinajstić information content (AvgIpc) is 2.91. The number of aryl methyl sites for hydroxylation is 1.